The molecule has 0 unspecified atom stereocenters. The number of benzene rings is 1. The van der Waals surface area contributed by atoms with Crippen LogP contribution in [-0.4, -0.2) is 31.8 Å². The van der Waals surface area contributed by atoms with Gasteiger partial charge in [0, 0.05) is 17.5 Å². The Hall–Kier alpha value is -2.39. The number of hydrogen-bond acceptors (Lipinski definition) is 7. The third kappa shape index (κ3) is 4.54. The number of H-pyrrole nitrogens is 1. The second-order valence-corrected chi connectivity index (χ2v) is 6.69. The highest BCUT2D eigenvalue weighted by atomic mass is 32.2. The average molecular weight is 346 g/mol. The van der Waals surface area contributed by atoms with Crippen molar-refractivity contribution in [3.05, 3.63) is 47.0 Å². The lowest BCUT2D eigenvalue weighted by Gasteiger charge is -1.99. The van der Waals surface area contributed by atoms with E-state index < -0.39 is 0 Å². The first kappa shape index (κ1) is 15.5. The third-order valence-electron chi connectivity index (χ3n) is 2.84. The second kappa shape index (κ2) is 7.25. The molecule has 2 aromatic heterocycles. The number of amides is 1. The first-order chi connectivity index (χ1) is 11.2. The standard InChI is InChI=1S/C14H14N6OS2/c15-12-18-14(20-19-12)22-8-11(21)17-13-16-7-10(23-13)6-9-4-2-1-3-5-9/h1-5,7H,6,8H2,(H,16,17,21)(H3,15,18,19,20). The van der Waals surface area contributed by atoms with E-state index in [1.165, 1.54) is 28.7 Å². The molecule has 4 N–H and O–H groups in total. The summed E-state index contributed by atoms with van der Waals surface area (Å²) in [5.74, 6) is 0.280. The van der Waals surface area contributed by atoms with Gasteiger partial charge in [-0.15, -0.1) is 16.4 Å². The van der Waals surface area contributed by atoms with E-state index in [2.05, 4.69) is 37.6 Å². The van der Waals surface area contributed by atoms with E-state index in [0.29, 0.717) is 10.3 Å². The number of thiazole rings is 1. The molecule has 0 atom stereocenters. The summed E-state index contributed by atoms with van der Waals surface area (Å²) in [6, 6.07) is 10.1. The van der Waals surface area contributed by atoms with E-state index in [4.69, 9.17) is 5.73 Å². The van der Waals surface area contributed by atoms with Gasteiger partial charge < -0.3 is 11.1 Å². The minimum atomic E-state index is -0.154. The van der Waals surface area contributed by atoms with Crippen molar-refractivity contribution in [3.8, 4) is 0 Å². The number of aromatic nitrogens is 4. The fourth-order valence-electron chi connectivity index (χ4n) is 1.85. The van der Waals surface area contributed by atoms with Gasteiger partial charge in [-0.1, -0.05) is 42.1 Å². The topological polar surface area (TPSA) is 110 Å². The van der Waals surface area contributed by atoms with Gasteiger partial charge in [-0.2, -0.15) is 4.98 Å². The fourth-order valence-corrected chi connectivity index (χ4v) is 3.32. The Kier molecular flexibility index (Phi) is 4.89. The van der Waals surface area contributed by atoms with Crippen LogP contribution in [0.4, 0.5) is 11.1 Å². The van der Waals surface area contributed by atoms with E-state index in [1.54, 1.807) is 6.20 Å². The van der Waals surface area contributed by atoms with Crippen LogP contribution in [0.25, 0.3) is 0 Å². The number of aromatic amines is 1. The number of rotatable bonds is 6. The molecule has 9 heteroatoms. The summed E-state index contributed by atoms with van der Waals surface area (Å²) in [6.45, 7) is 0. The Balaban J connectivity index is 1.51. The summed E-state index contributed by atoms with van der Waals surface area (Å²) in [5, 5.41) is 10.2. The molecular weight excluding hydrogens is 332 g/mol. The molecule has 23 heavy (non-hydrogen) atoms. The smallest absolute Gasteiger partial charge is 0.236 e. The zero-order valence-corrected chi connectivity index (χ0v) is 13.7. The SMILES string of the molecule is Nc1nc(SCC(=O)Nc2ncc(Cc3ccccc3)s2)n[nH]1. The van der Waals surface area contributed by atoms with Crippen molar-refractivity contribution >= 4 is 40.1 Å². The molecule has 1 amide bonds. The molecule has 0 aliphatic rings. The van der Waals surface area contributed by atoms with Crippen molar-refractivity contribution in [1.82, 2.24) is 20.2 Å². The summed E-state index contributed by atoms with van der Waals surface area (Å²) in [4.78, 5) is 21.1. The van der Waals surface area contributed by atoms with Gasteiger partial charge in [-0.3, -0.25) is 4.79 Å². The van der Waals surface area contributed by atoms with Crippen LogP contribution in [0, 0.1) is 0 Å². The van der Waals surface area contributed by atoms with E-state index >= 15 is 0 Å². The van der Waals surface area contributed by atoms with E-state index in [1.807, 2.05) is 18.2 Å². The Labute approximate surface area is 140 Å². The molecule has 7 nitrogen and oxygen atoms in total. The lowest BCUT2D eigenvalue weighted by atomic mass is 10.1. The van der Waals surface area contributed by atoms with Crippen molar-refractivity contribution in [2.24, 2.45) is 0 Å². The molecular formula is C14H14N6OS2. The molecule has 0 aliphatic heterocycles. The molecule has 0 aliphatic carbocycles. The van der Waals surface area contributed by atoms with Gasteiger partial charge in [0.05, 0.1) is 5.75 Å². The van der Waals surface area contributed by atoms with Crippen LogP contribution in [0.2, 0.25) is 0 Å². The highest BCUT2D eigenvalue weighted by Crippen LogP contribution is 2.21. The van der Waals surface area contributed by atoms with Gasteiger partial charge in [0.1, 0.15) is 0 Å². The normalized spacial score (nSPS) is 10.6. The van der Waals surface area contributed by atoms with Crippen molar-refractivity contribution in [2.75, 3.05) is 16.8 Å². The molecule has 0 saturated heterocycles. The fraction of sp³-hybridized carbons (Fsp3) is 0.143. The number of thioether (sulfide) groups is 1. The number of nitrogens with two attached hydrogens (primary N) is 1. The highest BCUT2D eigenvalue weighted by molar-refractivity contribution is 7.99. The zero-order chi connectivity index (χ0) is 16.1. The maximum absolute atomic E-state index is 11.9. The number of anilines is 2. The predicted molar refractivity (Wildman–Crippen MR) is 91.5 cm³/mol. The van der Waals surface area contributed by atoms with Crippen LogP contribution in [-0.2, 0) is 11.2 Å². The maximum atomic E-state index is 11.9. The van der Waals surface area contributed by atoms with Crippen LogP contribution >= 0.6 is 23.1 Å². The van der Waals surface area contributed by atoms with Gasteiger partial charge in [0.25, 0.3) is 0 Å². The van der Waals surface area contributed by atoms with E-state index in [9.17, 15) is 4.79 Å². The number of nitrogen functional groups attached to an aromatic ring is 1. The first-order valence-corrected chi connectivity index (χ1v) is 8.58. The van der Waals surface area contributed by atoms with Crippen LogP contribution in [0.5, 0.6) is 0 Å². The average Bonchev–Trinajstić information content (AvgIpc) is 3.15. The molecule has 2 heterocycles. The Bertz CT molecular complexity index is 785. The molecule has 1 aromatic carbocycles. The van der Waals surface area contributed by atoms with Gasteiger partial charge >= 0.3 is 0 Å². The number of nitrogens with one attached hydrogen (secondary N) is 2. The first-order valence-electron chi connectivity index (χ1n) is 6.78. The Morgan fingerprint density at radius 1 is 1.35 bits per heavy atom. The van der Waals surface area contributed by atoms with Gasteiger partial charge in [0.15, 0.2) is 5.13 Å². The minimum Gasteiger partial charge on any atom is -0.368 e. The summed E-state index contributed by atoms with van der Waals surface area (Å²) in [7, 11) is 0. The lowest BCUT2D eigenvalue weighted by molar-refractivity contribution is -0.113. The van der Waals surface area contributed by atoms with Crippen LogP contribution < -0.4 is 11.1 Å². The van der Waals surface area contributed by atoms with Crippen molar-refractivity contribution in [2.45, 2.75) is 11.6 Å². The summed E-state index contributed by atoms with van der Waals surface area (Å²) in [5.41, 5.74) is 6.64. The summed E-state index contributed by atoms with van der Waals surface area (Å²) < 4.78 is 0. The molecule has 0 saturated carbocycles. The third-order valence-corrected chi connectivity index (χ3v) is 4.60. The Morgan fingerprint density at radius 3 is 2.91 bits per heavy atom. The van der Waals surface area contributed by atoms with Gasteiger partial charge in [0.2, 0.25) is 17.0 Å². The second-order valence-electron chi connectivity index (χ2n) is 4.63. The van der Waals surface area contributed by atoms with Crippen molar-refractivity contribution in [1.29, 1.82) is 0 Å². The molecule has 3 rings (SSSR count). The van der Waals surface area contributed by atoms with Crippen LogP contribution in [0.1, 0.15) is 10.4 Å². The quantitative estimate of drug-likeness (QED) is 0.590. The molecule has 118 valence electrons. The number of carbonyl (C=O) groups is 1. The molecule has 3 aromatic rings. The predicted octanol–water partition coefficient (Wildman–Crippen LogP) is 2.17. The number of carbonyl (C=O) groups excluding carboxylic acids is 1. The zero-order valence-electron chi connectivity index (χ0n) is 12.0. The molecule has 0 spiro atoms. The number of hydrogen-bond donors (Lipinski definition) is 3. The minimum absolute atomic E-state index is 0.154. The highest BCUT2D eigenvalue weighted by Gasteiger charge is 2.09. The van der Waals surface area contributed by atoms with Crippen LogP contribution in [0.3, 0.4) is 0 Å². The lowest BCUT2D eigenvalue weighted by Crippen LogP contribution is -2.13. The molecule has 0 fully saturated rings. The number of nitrogens with zero attached hydrogens (tertiary/aromatic N) is 3. The van der Waals surface area contributed by atoms with Gasteiger partial charge in [-0.05, 0) is 5.56 Å². The molecule has 0 bridgehead atoms. The van der Waals surface area contributed by atoms with Crippen LogP contribution in [0.15, 0.2) is 41.7 Å². The maximum Gasteiger partial charge on any atom is 0.236 e. The largest absolute Gasteiger partial charge is 0.368 e. The monoisotopic (exact) mass is 346 g/mol. The summed E-state index contributed by atoms with van der Waals surface area (Å²) >= 11 is 2.68. The van der Waals surface area contributed by atoms with E-state index in [0.717, 1.165) is 11.3 Å². The molecule has 0 radical (unpaired) electrons. The van der Waals surface area contributed by atoms with E-state index in [-0.39, 0.29) is 17.6 Å². The summed E-state index contributed by atoms with van der Waals surface area (Å²) in [6.07, 6.45) is 2.59. The van der Waals surface area contributed by atoms with Crippen molar-refractivity contribution in [3.63, 3.8) is 0 Å². The Morgan fingerprint density at radius 2 is 2.17 bits per heavy atom. The van der Waals surface area contributed by atoms with Gasteiger partial charge in [-0.25, -0.2) is 10.1 Å². The van der Waals surface area contributed by atoms with Crippen molar-refractivity contribution < 1.29 is 4.79 Å².